The summed E-state index contributed by atoms with van der Waals surface area (Å²) in [7, 11) is 4.15. The molecular weight excluding hydrogens is 274 g/mol. The molecule has 2 rings (SSSR count). The molecule has 0 bridgehead atoms. The Kier molecular flexibility index (Phi) is 7.03. The summed E-state index contributed by atoms with van der Waals surface area (Å²) in [6.07, 6.45) is 4.64. The average molecular weight is 298 g/mol. The molecule has 0 saturated heterocycles. The van der Waals surface area contributed by atoms with E-state index in [2.05, 4.69) is 19.0 Å². The molecule has 0 aliphatic heterocycles. The Morgan fingerprint density at radius 3 is 2.50 bits per heavy atom. The van der Waals surface area contributed by atoms with Crippen LogP contribution in [0.1, 0.15) is 36.0 Å². The summed E-state index contributed by atoms with van der Waals surface area (Å²) in [4.78, 5) is 14.3. The molecule has 1 aliphatic rings. The summed E-state index contributed by atoms with van der Waals surface area (Å²) < 4.78 is 5.73. The number of carbonyl (C=O) groups excluding carboxylic acids is 1. The quantitative estimate of drug-likeness (QED) is 0.798. The van der Waals surface area contributed by atoms with E-state index in [0.29, 0.717) is 11.5 Å². The number of benzene rings is 1. The number of nitrogens with zero attached hydrogens (tertiary/aromatic N) is 1. The van der Waals surface area contributed by atoms with Crippen molar-refractivity contribution >= 4 is 18.4 Å². The van der Waals surface area contributed by atoms with Crippen molar-refractivity contribution in [2.45, 2.75) is 31.8 Å². The minimum atomic E-state index is -0.184. The number of carbonyl (C=O) groups is 1. The third-order valence-corrected chi connectivity index (χ3v) is 3.71. The molecule has 1 aromatic carbocycles. The van der Waals surface area contributed by atoms with Crippen molar-refractivity contribution in [2.24, 2.45) is 5.92 Å². The van der Waals surface area contributed by atoms with E-state index in [1.165, 1.54) is 6.42 Å². The third kappa shape index (κ3) is 4.80. The second-order valence-corrected chi connectivity index (χ2v) is 5.62. The van der Waals surface area contributed by atoms with Crippen LogP contribution >= 0.6 is 12.4 Å². The van der Waals surface area contributed by atoms with Crippen molar-refractivity contribution in [3.8, 4) is 0 Å². The zero-order valence-corrected chi connectivity index (χ0v) is 13.1. The first-order valence-corrected chi connectivity index (χ1v) is 7.07. The second-order valence-electron chi connectivity index (χ2n) is 5.62. The lowest BCUT2D eigenvalue weighted by Crippen LogP contribution is -2.36. The lowest BCUT2D eigenvalue weighted by atomic mass is 9.86. The van der Waals surface area contributed by atoms with E-state index in [1.54, 1.807) is 0 Å². The minimum Gasteiger partial charge on any atom is -0.458 e. The van der Waals surface area contributed by atoms with Crippen molar-refractivity contribution < 1.29 is 9.53 Å². The van der Waals surface area contributed by atoms with Gasteiger partial charge in [0.15, 0.2) is 0 Å². The Morgan fingerprint density at radius 1 is 1.20 bits per heavy atom. The van der Waals surface area contributed by atoms with Gasteiger partial charge in [0.2, 0.25) is 0 Å². The molecule has 0 radical (unpaired) electrons. The van der Waals surface area contributed by atoms with Gasteiger partial charge in [-0.2, -0.15) is 0 Å². The molecule has 0 spiro atoms. The molecule has 1 aromatic rings. The highest BCUT2D eigenvalue weighted by atomic mass is 35.5. The SMILES string of the molecule is CN(C)CC1CCCCC1OC(=O)c1ccccc1.Cl. The molecule has 0 heterocycles. The lowest BCUT2D eigenvalue weighted by molar-refractivity contribution is -0.00324. The minimum absolute atomic E-state index is 0. The van der Waals surface area contributed by atoms with Crippen molar-refractivity contribution in [1.82, 2.24) is 4.90 Å². The van der Waals surface area contributed by atoms with Gasteiger partial charge in [-0.15, -0.1) is 12.4 Å². The topological polar surface area (TPSA) is 29.5 Å². The summed E-state index contributed by atoms with van der Waals surface area (Å²) in [6.45, 7) is 0.993. The van der Waals surface area contributed by atoms with Crippen LogP contribution < -0.4 is 0 Å². The van der Waals surface area contributed by atoms with E-state index in [4.69, 9.17) is 4.74 Å². The molecule has 0 amide bonds. The molecule has 2 atom stereocenters. The summed E-state index contributed by atoms with van der Waals surface area (Å²) >= 11 is 0. The van der Waals surface area contributed by atoms with Gasteiger partial charge in [-0.1, -0.05) is 24.6 Å². The number of hydrogen-bond donors (Lipinski definition) is 0. The fourth-order valence-electron chi connectivity index (χ4n) is 2.79. The monoisotopic (exact) mass is 297 g/mol. The summed E-state index contributed by atoms with van der Waals surface area (Å²) in [5.74, 6) is 0.285. The van der Waals surface area contributed by atoms with Gasteiger partial charge in [-0.3, -0.25) is 0 Å². The maximum atomic E-state index is 12.1. The predicted octanol–water partition coefficient (Wildman–Crippen LogP) is 3.39. The smallest absolute Gasteiger partial charge is 0.338 e. The van der Waals surface area contributed by atoms with Crippen LogP contribution in [-0.2, 0) is 4.74 Å². The molecule has 20 heavy (non-hydrogen) atoms. The van der Waals surface area contributed by atoms with Crippen molar-refractivity contribution in [3.63, 3.8) is 0 Å². The Morgan fingerprint density at radius 2 is 1.85 bits per heavy atom. The molecule has 112 valence electrons. The average Bonchev–Trinajstić information content (AvgIpc) is 2.41. The third-order valence-electron chi connectivity index (χ3n) is 3.71. The Bertz CT molecular complexity index is 408. The molecule has 3 nitrogen and oxygen atoms in total. The number of halogens is 1. The second kappa shape index (κ2) is 8.28. The fraction of sp³-hybridized carbons (Fsp3) is 0.562. The molecule has 2 unspecified atom stereocenters. The van der Waals surface area contributed by atoms with Crippen LogP contribution in [0, 0.1) is 5.92 Å². The van der Waals surface area contributed by atoms with Gasteiger partial charge < -0.3 is 9.64 Å². The van der Waals surface area contributed by atoms with E-state index in [-0.39, 0.29) is 24.5 Å². The maximum Gasteiger partial charge on any atom is 0.338 e. The number of esters is 1. The fourth-order valence-corrected chi connectivity index (χ4v) is 2.79. The molecular formula is C16H24ClNO2. The van der Waals surface area contributed by atoms with Crippen LogP contribution in [0.25, 0.3) is 0 Å². The van der Waals surface area contributed by atoms with Crippen LogP contribution in [0.3, 0.4) is 0 Å². The van der Waals surface area contributed by atoms with Gasteiger partial charge in [-0.05, 0) is 45.5 Å². The standard InChI is InChI=1S/C16H23NO2.ClH/c1-17(2)12-14-10-6-7-11-15(14)19-16(18)13-8-4-3-5-9-13;/h3-5,8-9,14-15H,6-7,10-12H2,1-2H3;1H. The summed E-state index contributed by atoms with van der Waals surface area (Å²) in [6, 6.07) is 9.27. The highest BCUT2D eigenvalue weighted by Gasteiger charge is 2.28. The molecule has 0 N–H and O–H groups in total. The molecule has 1 saturated carbocycles. The van der Waals surface area contributed by atoms with E-state index < -0.39 is 0 Å². The van der Waals surface area contributed by atoms with Crippen LogP contribution in [0.2, 0.25) is 0 Å². The summed E-state index contributed by atoms with van der Waals surface area (Å²) in [5, 5.41) is 0. The van der Waals surface area contributed by atoms with Gasteiger partial charge in [0.05, 0.1) is 5.56 Å². The van der Waals surface area contributed by atoms with Crippen molar-refractivity contribution in [1.29, 1.82) is 0 Å². The first-order chi connectivity index (χ1) is 9.16. The zero-order valence-electron chi connectivity index (χ0n) is 12.2. The van der Waals surface area contributed by atoms with Gasteiger partial charge >= 0.3 is 5.97 Å². The summed E-state index contributed by atoms with van der Waals surface area (Å²) in [5.41, 5.74) is 0.650. The number of rotatable bonds is 4. The first-order valence-electron chi connectivity index (χ1n) is 7.07. The first kappa shape index (κ1) is 17.0. The Balaban J connectivity index is 0.00000200. The molecule has 0 aromatic heterocycles. The largest absolute Gasteiger partial charge is 0.458 e. The van der Waals surface area contributed by atoms with Crippen LogP contribution in [0.15, 0.2) is 30.3 Å². The van der Waals surface area contributed by atoms with Crippen LogP contribution in [0.4, 0.5) is 0 Å². The van der Waals surface area contributed by atoms with Gasteiger partial charge in [-0.25, -0.2) is 4.79 Å². The van der Waals surface area contributed by atoms with Crippen molar-refractivity contribution in [3.05, 3.63) is 35.9 Å². The van der Waals surface area contributed by atoms with E-state index in [9.17, 15) is 4.79 Å². The maximum absolute atomic E-state index is 12.1. The van der Waals surface area contributed by atoms with E-state index >= 15 is 0 Å². The van der Waals surface area contributed by atoms with Gasteiger partial charge in [0.25, 0.3) is 0 Å². The molecule has 1 fully saturated rings. The number of ether oxygens (including phenoxy) is 1. The van der Waals surface area contributed by atoms with Gasteiger partial charge in [0.1, 0.15) is 6.10 Å². The molecule has 4 heteroatoms. The van der Waals surface area contributed by atoms with E-state index in [0.717, 1.165) is 25.8 Å². The van der Waals surface area contributed by atoms with Crippen LogP contribution in [-0.4, -0.2) is 37.6 Å². The predicted molar refractivity (Wildman–Crippen MR) is 83.4 cm³/mol. The van der Waals surface area contributed by atoms with Crippen molar-refractivity contribution in [2.75, 3.05) is 20.6 Å². The highest BCUT2D eigenvalue weighted by Crippen LogP contribution is 2.28. The Hall–Kier alpha value is -1.06. The normalized spacial score (nSPS) is 22.1. The zero-order chi connectivity index (χ0) is 13.7. The number of hydrogen-bond acceptors (Lipinski definition) is 3. The highest BCUT2D eigenvalue weighted by molar-refractivity contribution is 5.89. The lowest BCUT2D eigenvalue weighted by Gasteiger charge is -2.32. The van der Waals surface area contributed by atoms with E-state index in [1.807, 2.05) is 30.3 Å². The molecule has 1 aliphatic carbocycles. The van der Waals surface area contributed by atoms with Crippen LogP contribution in [0.5, 0.6) is 0 Å². The Labute approximate surface area is 127 Å². The van der Waals surface area contributed by atoms with Gasteiger partial charge in [0, 0.05) is 12.5 Å².